The zero-order chi connectivity index (χ0) is 25.0. The number of primary sulfonamides is 1. The summed E-state index contributed by atoms with van der Waals surface area (Å²) < 4.78 is 55.2. The molecule has 3 N–H and O–H groups in total. The number of sulfonamides is 1. The number of hydrogen-bond acceptors (Lipinski definition) is 4. The number of ether oxygens (including phenoxy) is 1. The van der Waals surface area contributed by atoms with E-state index in [-0.39, 0.29) is 34.2 Å². The van der Waals surface area contributed by atoms with E-state index in [1.165, 1.54) is 24.3 Å². The lowest BCUT2D eigenvalue weighted by Gasteiger charge is -2.12. The number of carbonyl (C=O) groups is 1. The summed E-state index contributed by atoms with van der Waals surface area (Å²) >= 11 is 3.35. The number of nitrogens with two attached hydrogens (primary N) is 1. The minimum Gasteiger partial charge on any atom is -0.458 e. The summed E-state index contributed by atoms with van der Waals surface area (Å²) in [6, 6.07) is 12.6. The Labute approximate surface area is 203 Å². The quantitative estimate of drug-likeness (QED) is 0.360. The molecule has 3 aromatic carbocycles. The van der Waals surface area contributed by atoms with Crippen molar-refractivity contribution in [1.29, 1.82) is 0 Å². The van der Waals surface area contributed by atoms with Crippen LogP contribution in [0.4, 0.5) is 20.2 Å². The molecule has 0 fully saturated rings. The second-order valence-electron chi connectivity index (χ2n) is 7.29. The van der Waals surface area contributed by atoms with Gasteiger partial charge in [0.2, 0.25) is 15.9 Å². The summed E-state index contributed by atoms with van der Waals surface area (Å²) in [4.78, 5) is 15.6. The van der Waals surface area contributed by atoms with Crippen LogP contribution in [0.3, 0.4) is 0 Å². The molecule has 0 aliphatic heterocycles. The Morgan fingerprint density at radius 3 is 2.50 bits per heavy atom. The highest BCUT2D eigenvalue weighted by Gasteiger charge is 2.14. The maximum absolute atomic E-state index is 13.1. The van der Waals surface area contributed by atoms with Gasteiger partial charge in [0.25, 0.3) is 6.43 Å². The number of alkyl halides is 2. The second kappa shape index (κ2) is 10.3. The van der Waals surface area contributed by atoms with Crippen molar-refractivity contribution in [2.45, 2.75) is 24.7 Å². The van der Waals surface area contributed by atoms with Crippen LogP contribution in [0.5, 0.6) is 11.5 Å². The number of benzene rings is 3. The van der Waals surface area contributed by atoms with Crippen LogP contribution < -0.4 is 15.2 Å². The molecule has 7 nitrogen and oxygen atoms in total. The number of nitrogens with one attached hydrogen (secondary N) is 1. The Bertz CT molecular complexity index is 1410. The van der Waals surface area contributed by atoms with Gasteiger partial charge >= 0.3 is 0 Å². The van der Waals surface area contributed by atoms with Crippen molar-refractivity contribution in [1.82, 2.24) is 0 Å². The Balaban J connectivity index is 1.72. The fourth-order valence-electron chi connectivity index (χ4n) is 3.05. The van der Waals surface area contributed by atoms with Crippen LogP contribution in [0.2, 0.25) is 0 Å². The molecule has 0 spiro atoms. The standard InChI is InChI=1S/C23H18BrF2N3O4S/c1-13-7-18(34(27,31)32)4-5-20(13)29-22(30)9-14-3-6-21(19(24)8-14)33-17-11-15(23(25)26)10-16(12-17)28-2/h3-8,10-12,23H,9H2,1H3,(H,29,30)(H2,27,31,32). The average molecular weight is 550 g/mol. The number of aryl methyl sites for hydroxylation is 1. The molecule has 0 aromatic heterocycles. The SMILES string of the molecule is [C-]#[N+]c1cc(Oc2ccc(CC(=O)Nc3ccc(S(N)(=O)=O)cc3C)cc2Br)cc(C(F)F)c1. The molecule has 0 unspecified atom stereocenters. The Morgan fingerprint density at radius 1 is 1.18 bits per heavy atom. The van der Waals surface area contributed by atoms with Crippen LogP contribution in [0, 0.1) is 13.5 Å². The van der Waals surface area contributed by atoms with E-state index in [0.717, 1.165) is 12.1 Å². The Kier molecular flexibility index (Phi) is 7.66. The summed E-state index contributed by atoms with van der Waals surface area (Å²) in [7, 11) is -3.84. The van der Waals surface area contributed by atoms with Crippen LogP contribution >= 0.6 is 15.9 Å². The molecular formula is C23H18BrF2N3O4S. The zero-order valence-electron chi connectivity index (χ0n) is 17.7. The van der Waals surface area contributed by atoms with Gasteiger partial charge in [-0.1, -0.05) is 6.07 Å². The molecule has 3 rings (SSSR count). The second-order valence-corrected chi connectivity index (χ2v) is 9.70. The number of hydrogen-bond donors (Lipinski definition) is 2. The van der Waals surface area contributed by atoms with E-state index in [9.17, 15) is 22.0 Å². The molecule has 3 aromatic rings. The Morgan fingerprint density at radius 2 is 1.91 bits per heavy atom. The summed E-state index contributed by atoms with van der Waals surface area (Å²) in [6.07, 6.45) is -2.73. The molecule has 34 heavy (non-hydrogen) atoms. The van der Waals surface area contributed by atoms with Crippen LogP contribution in [0.25, 0.3) is 4.85 Å². The van der Waals surface area contributed by atoms with Crippen molar-refractivity contribution in [2.75, 3.05) is 5.32 Å². The largest absolute Gasteiger partial charge is 0.458 e. The minimum atomic E-state index is -3.84. The van der Waals surface area contributed by atoms with Gasteiger partial charge in [0.15, 0.2) is 5.69 Å². The average Bonchev–Trinajstić information content (AvgIpc) is 2.76. The predicted octanol–water partition coefficient (Wildman–Crippen LogP) is 5.87. The number of carbonyl (C=O) groups excluding carboxylic acids is 1. The first-order valence-corrected chi connectivity index (χ1v) is 12.0. The van der Waals surface area contributed by atoms with Gasteiger partial charge in [-0.3, -0.25) is 4.79 Å². The first-order valence-electron chi connectivity index (χ1n) is 9.66. The molecule has 0 aliphatic rings. The first kappa shape index (κ1) is 25.3. The van der Waals surface area contributed by atoms with E-state index in [1.54, 1.807) is 25.1 Å². The molecule has 0 atom stereocenters. The van der Waals surface area contributed by atoms with Gasteiger partial charge < -0.3 is 10.1 Å². The van der Waals surface area contributed by atoms with Gasteiger partial charge in [0.1, 0.15) is 11.5 Å². The summed E-state index contributed by atoms with van der Waals surface area (Å²) in [6.45, 7) is 8.72. The highest BCUT2D eigenvalue weighted by Crippen LogP contribution is 2.35. The molecule has 0 heterocycles. The maximum atomic E-state index is 13.1. The summed E-state index contributed by atoms with van der Waals surface area (Å²) in [5.74, 6) is 0.0766. The Hall–Kier alpha value is -3.33. The molecular weight excluding hydrogens is 532 g/mol. The van der Waals surface area contributed by atoms with E-state index in [0.29, 0.717) is 27.0 Å². The molecule has 0 radical (unpaired) electrons. The number of rotatable bonds is 7. The van der Waals surface area contributed by atoms with Crippen molar-refractivity contribution in [3.8, 4) is 11.5 Å². The summed E-state index contributed by atoms with van der Waals surface area (Å²) in [5.41, 5.74) is 1.34. The lowest BCUT2D eigenvalue weighted by Crippen LogP contribution is -2.16. The van der Waals surface area contributed by atoms with E-state index >= 15 is 0 Å². The maximum Gasteiger partial charge on any atom is 0.262 e. The van der Waals surface area contributed by atoms with Gasteiger partial charge in [-0.2, -0.15) is 0 Å². The normalized spacial score (nSPS) is 11.2. The topological polar surface area (TPSA) is 103 Å². The fraction of sp³-hybridized carbons (Fsp3) is 0.130. The van der Waals surface area contributed by atoms with Gasteiger partial charge in [0.05, 0.1) is 22.4 Å². The third-order valence-electron chi connectivity index (χ3n) is 4.68. The summed E-state index contributed by atoms with van der Waals surface area (Å²) in [5, 5.41) is 7.83. The third kappa shape index (κ3) is 6.38. The van der Waals surface area contributed by atoms with E-state index in [4.69, 9.17) is 16.4 Å². The molecule has 11 heteroatoms. The van der Waals surface area contributed by atoms with E-state index in [2.05, 4.69) is 26.1 Å². The third-order valence-corrected chi connectivity index (χ3v) is 6.21. The van der Waals surface area contributed by atoms with Gasteiger partial charge in [-0.05, 0) is 82.5 Å². The molecule has 0 saturated heterocycles. The van der Waals surface area contributed by atoms with Crippen molar-refractivity contribution >= 4 is 43.2 Å². The number of amides is 1. The molecule has 1 amide bonds. The lowest BCUT2D eigenvalue weighted by molar-refractivity contribution is -0.115. The molecule has 0 saturated carbocycles. The predicted molar refractivity (Wildman–Crippen MR) is 127 cm³/mol. The van der Waals surface area contributed by atoms with Crippen LogP contribution in [-0.4, -0.2) is 14.3 Å². The van der Waals surface area contributed by atoms with Crippen LogP contribution in [0.1, 0.15) is 23.1 Å². The van der Waals surface area contributed by atoms with Crippen molar-refractivity contribution in [3.05, 3.63) is 87.2 Å². The van der Waals surface area contributed by atoms with Gasteiger partial charge in [-0.25, -0.2) is 27.2 Å². The molecule has 176 valence electrons. The van der Waals surface area contributed by atoms with Crippen molar-refractivity contribution in [3.63, 3.8) is 0 Å². The highest BCUT2D eigenvalue weighted by molar-refractivity contribution is 9.10. The first-order chi connectivity index (χ1) is 16.0. The monoisotopic (exact) mass is 549 g/mol. The molecule has 0 bridgehead atoms. The smallest absolute Gasteiger partial charge is 0.262 e. The van der Waals surface area contributed by atoms with E-state index < -0.39 is 16.4 Å². The van der Waals surface area contributed by atoms with Gasteiger partial charge in [0, 0.05) is 11.3 Å². The lowest BCUT2D eigenvalue weighted by atomic mass is 10.1. The van der Waals surface area contributed by atoms with Crippen molar-refractivity contribution < 1.29 is 26.7 Å². The fourth-order valence-corrected chi connectivity index (χ4v) is 4.16. The van der Waals surface area contributed by atoms with Crippen LogP contribution in [0.15, 0.2) is 64.0 Å². The van der Waals surface area contributed by atoms with E-state index in [1.807, 2.05) is 0 Å². The highest BCUT2D eigenvalue weighted by atomic mass is 79.9. The van der Waals surface area contributed by atoms with Crippen molar-refractivity contribution in [2.24, 2.45) is 5.14 Å². The number of halogens is 3. The minimum absolute atomic E-state index is 0.0119. The number of nitrogens with zero attached hydrogens (tertiary/aromatic N) is 1. The van der Waals surface area contributed by atoms with Crippen LogP contribution in [-0.2, 0) is 21.2 Å². The number of anilines is 1. The molecule has 0 aliphatic carbocycles. The van der Waals surface area contributed by atoms with Gasteiger partial charge in [-0.15, -0.1) is 0 Å². The zero-order valence-corrected chi connectivity index (χ0v) is 20.1.